The summed E-state index contributed by atoms with van der Waals surface area (Å²) >= 11 is 0. The molecule has 2 aromatic rings. The minimum absolute atomic E-state index is 0.482. The maximum atomic E-state index is 9.37. The van der Waals surface area contributed by atoms with E-state index in [4.69, 9.17) is 5.73 Å². The van der Waals surface area contributed by atoms with Gasteiger partial charge >= 0.3 is 0 Å². The number of aromatic nitrogens is 1. The van der Waals surface area contributed by atoms with E-state index in [1.54, 1.807) is 13.1 Å². The van der Waals surface area contributed by atoms with E-state index in [0.717, 1.165) is 16.5 Å². The highest BCUT2D eigenvalue weighted by atomic mass is 16.3. The fourth-order valence-corrected chi connectivity index (χ4v) is 1.38. The minimum Gasteiger partial charge on any atom is -0.399 e. The van der Waals surface area contributed by atoms with Crippen molar-refractivity contribution in [2.75, 3.05) is 5.73 Å². The molecule has 3 N–H and O–H groups in total. The van der Waals surface area contributed by atoms with Crippen LogP contribution in [0.2, 0.25) is 0 Å². The minimum atomic E-state index is -0.482. The number of rotatable bonds is 1. The molecule has 0 saturated heterocycles. The van der Waals surface area contributed by atoms with Gasteiger partial charge in [0, 0.05) is 17.3 Å². The van der Waals surface area contributed by atoms with Gasteiger partial charge in [-0.15, -0.1) is 0 Å². The van der Waals surface area contributed by atoms with Crippen LogP contribution in [0.15, 0.2) is 30.5 Å². The second kappa shape index (κ2) is 3.27. The lowest BCUT2D eigenvalue weighted by Gasteiger charge is -2.05. The molecule has 0 aliphatic heterocycles. The SMILES string of the molecule is CC(O)c1cnc2cc(N)ccc2c1. The largest absolute Gasteiger partial charge is 0.399 e. The van der Waals surface area contributed by atoms with Crippen LogP contribution in [0.1, 0.15) is 18.6 Å². The molecule has 0 bridgehead atoms. The Labute approximate surface area is 82.2 Å². The molecule has 0 amide bonds. The first-order valence-electron chi connectivity index (χ1n) is 4.50. The summed E-state index contributed by atoms with van der Waals surface area (Å²) in [6.07, 6.45) is 1.19. The highest BCUT2D eigenvalue weighted by Gasteiger charge is 2.02. The van der Waals surface area contributed by atoms with Crippen LogP contribution in [0, 0.1) is 0 Å². The number of anilines is 1. The summed E-state index contributed by atoms with van der Waals surface area (Å²) in [6.45, 7) is 1.72. The van der Waals surface area contributed by atoms with Crippen LogP contribution in [0.25, 0.3) is 10.9 Å². The zero-order valence-corrected chi connectivity index (χ0v) is 7.94. The Balaban J connectivity index is 2.62. The highest BCUT2D eigenvalue weighted by molar-refractivity contribution is 5.82. The zero-order valence-electron chi connectivity index (χ0n) is 7.94. The predicted molar refractivity (Wildman–Crippen MR) is 56.8 cm³/mol. The van der Waals surface area contributed by atoms with E-state index in [0.29, 0.717) is 5.69 Å². The van der Waals surface area contributed by atoms with E-state index in [2.05, 4.69) is 4.98 Å². The van der Waals surface area contributed by atoms with Crippen molar-refractivity contribution in [3.8, 4) is 0 Å². The monoisotopic (exact) mass is 188 g/mol. The van der Waals surface area contributed by atoms with Crippen molar-refractivity contribution < 1.29 is 5.11 Å². The molecule has 0 aliphatic rings. The molecule has 0 saturated carbocycles. The standard InChI is InChI=1S/C11H12N2O/c1-7(14)9-4-8-2-3-10(12)5-11(8)13-6-9/h2-7,14H,12H2,1H3. The summed E-state index contributed by atoms with van der Waals surface area (Å²) in [7, 11) is 0. The molecule has 0 fully saturated rings. The third kappa shape index (κ3) is 1.54. The van der Waals surface area contributed by atoms with Gasteiger partial charge in [0.05, 0.1) is 11.6 Å². The van der Waals surface area contributed by atoms with E-state index in [1.807, 2.05) is 24.3 Å². The maximum absolute atomic E-state index is 9.37. The van der Waals surface area contributed by atoms with Gasteiger partial charge in [-0.1, -0.05) is 6.07 Å². The lowest BCUT2D eigenvalue weighted by atomic mass is 10.1. The van der Waals surface area contributed by atoms with E-state index in [9.17, 15) is 5.11 Å². The van der Waals surface area contributed by atoms with Gasteiger partial charge < -0.3 is 10.8 Å². The molecule has 1 unspecified atom stereocenters. The lowest BCUT2D eigenvalue weighted by molar-refractivity contribution is 0.199. The zero-order chi connectivity index (χ0) is 10.1. The molecule has 1 heterocycles. The summed E-state index contributed by atoms with van der Waals surface area (Å²) in [5.41, 5.74) is 8.01. The van der Waals surface area contributed by atoms with Crippen LogP contribution in [-0.2, 0) is 0 Å². The Kier molecular flexibility index (Phi) is 2.09. The first-order chi connectivity index (χ1) is 6.66. The number of benzene rings is 1. The van der Waals surface area contributed by atoms with Gasteiger partial charge in [0.15, 0.2) is 0 Å². The maximum Gasteiger partial charge on any atom is 0.0777 e. The van der Waals surface area contributed by atoms with Crippen LogP contribution in [0.5, 0.6) is 0 Å². The van der Waals surface area contributed by atoms with Crippen LogP contribution in [0.4, 0.5) is 5.69 Å². The lowest BCUT2D eigenvalue weighted by Crippen LogP contribution is -1.93. The van der Waals surface area contributed by atoms with Gasteiger partial charge in [0.25, 0.3) is 0 Å². The fourth-order valence-electron chi connectivity index (χ4n) is 1.38. The quantitative estimate of drug-likeness (QED) is 0.671. The van der Waals surface area contributed by atoms with Gasteiger partial charge in [-0.25, -0.2) is 0 Å². The number of pyridine rings is 1. The second-order valence-corrected chi connectivity index (χ2v) is 3.40. The third-order valence-electron chi connectivity index (χ3n) is 2.21. The Bertz CT molecular complexity index is 466. The van der Waals surface area contributed by atoms with Gasteiger partial charge in [-0.05, 0) is 30.7 Å². The normalized spacial score (nSPS) is 13.0. The molecule has 1 atom stereocenters. The Morgan fingerprint density at radius 2 is 2.14 bits per heavy atom. The number of nitrogens with zero attached hydrogens (tertiary/aromatic N) is 1. The summed E-state index contributed by atoms with van der Waals surface area (Å²) in [6, 6.07) is 7.48. The Hall–Kier alpha value is -1.61. The topological polar surface area (TPSA) is 59.1 Å². The third-order valence-corrected chi connectivity index (χ3v) is 2.21. The molecule has 0 spiro atoms. The van der Waals surface area contributed by atoms with Crippen molar-refractivity contribution in [3.63, 3.8) is 0 Å². The average molecular weight is 188 g/mol. The van der Waals surface area contributed by atoms with Crippen LogP contribution in [0.3, 0.4) is 0 Å². The number of hydrogen-bond acceptors (Lipinski definition) is 3. The highest BCUT2D eigenvalue weighted by Crippen LogP contribution is 2.19. The molecule has 3 heteroatoms. The molecular weight excluding hydrogens is 176 g/mol. The molecular formula is C11H12N2O. The Morgan fingerprint density at radius 1 is 1.36 bits per heavy atom. The molecule has 2 rings (SSSR count). The summed E-state index contributed by atoms with van der Waals surface area (Å²) in [5, 5.41) is 10.4. The van der Waals surface area contributed by atoms with Crippen LogP contribution >= 0.6 is 0 Å². The molecule has 0 aliphatic carbocycles. The molecule has 1 aromatic carbocycles. The summed E-state index contributed by atoms with van der Waals surface area (Å²) in [5.74, 6) is 0. The molecule has 14 heavy (non-hydrogen) atoms. The van der Waals surface area contributed by atoms with Crippen molar-refractivity contribution in [1.82, 2.24) is 4.98 Å². The predicted octanol–water partition coefficient (Wildman–Crippen LogP) is 1.87. The Morgan fingerprint density at radius 3 is 2.86 bits per heavy atom. The van der Waals surface area contributed by atoms with Crippen molar-refractivity contribution in [1.29, 1.82) is 0 Å². The van der Waals surface area contributed by atoms with Crippen LogP contribution in [-0.4, -0.2) is 10.1 Å². The van der Waals surface area contributed by atoms with Gasteiger partial charge in [0.2, 0.25) is 0 Å². The number of fused-ring (bicyclic) bond motifs is 1. The van der Waals surface area contributed by atoms with E-state index in [1.165, 1.54) is 0 Å². The summed E-state index contributed by atoms with van der Waals surface area (Å²) < 4.78 is 0. The number of nitrogen functional groups attached to an aromatic ring is 1. The number of aliphatic hydroxyl groups excluding tert-OH is 1. The first-order valence-corrected chi connectivity index (χ1v) is 4.50. The van der Waals surface area contributed by atoms with E-state index < -0.39 is 6.10 Å². The van der Waals surface area contributed by atoms with Gasteiger partial charge in [0.1, 0.15) is 0 Å². The summed E-state index contributed by atoms with van der Waals surface area (Å²) in [4.78, 5) is 4.22. The molecule has 3 nitrogen and oxygen atoms in total. The smallest absolute Gasteiger partial charge is 0.0777 e. The fraction of sp³-hybridized carbons (Fsp3) is 0.182. The van der Waals surface area contributed by atoms with Crippen molar-refractivity contribution in [3.05, 3.63) is 36.0 Å². The second-order valence-electron chi connectivity index (χ2n) is 3.40. The first kappa shape index (κ1) is 8.97. The van der Waals surface area contributed by atoms with Crippen molar-refractivity contribution in [2.24, 2.45) is 0 Å². The number of nitrogens with two attached hydrogens (primary N) is 1. The average Bonchev–Trinajstić information content (AvgIpc) is 2.16. The van der Waals surface area contributed by atoms with E-state index in [-0.39, 0.29) is 0 Å². The molecule has 72 valence electrons. The van der Waals surface area contributed by atoms with Gasteiger partial charge in [-0.3, -0.25) is 4.98 Å². The van der Waals surface area contributed by atoms with Crippen LogP contribution < -0.4 is 5.73 Å². The van der Waals surface area contributed by atoms with E-state index >= 15 is 0 Å². The molecule has 0 radical (unpaired) electrons. The number of hydrogen-bond donors (Lipinski definition) is 2. The van der Waals surface area contributed by atoms with Gasteiger partial charge in [-0.2, -0.15) is 0 Å². The number of aliphatic hydroxyl groups is 1. The van der Waals surface area contributed by atoms with Crippen molar-refractivity contribution >= 4 is 16.6 Å². The molecule has 1 aromatic heterocycles. The van der Waals surface area contributed by atoms with Crippen molar-refractivity contribution in [2.45, 2.75) is 13.0 Å².